The smallest absolute Gasteiger partial charge is 0.408 e. The Morgan fingerprint density at radius 2 is 1.64 bits per heavy atom. The van der Waals surface area contributed by atoms with Gasteiger partial charge in [0.05, 0.1) is 18.6 Å². The fourth-order valence-corrected chi connectivity index (χ4v) is 4.47. The van der Waals surface area contributed by atoms with E-state index < -0.39 is 29.0 Å². The van der Waals surface area contributed by atoms with Crippen molar-refractivity contribution in [3.8, 4) is 11.1 Å². The molecule has 3 N–H and O–H groups in total. The third-order valence-electron chi connectivity index (χ3n) is 6.38. The molecule has 0 bridgehead atoms. The van der Waals surface area contributed by atoms with Gasteiger partial charge >= 0.3 is 12.1 Å². The topological polar surface area (TPSA) is 114 Å². The van der Waals surface area contributed by atoms with Crippen LogP contribution in [-0.2, 0) is 19.1 Å². The summed E-state index contributed by atoms with van der Waals surface area (Å²) in [5, 5.41) is 14.5. The van der Waals surface area contributed by atoms with Gasteiger partial charge in [0.15, 0.2) is 0 Å². The summed E-state index contributed by atoms with van der Waals surface area (Å²) >= 11 is 0. The maximum atomic E-state index is 13.0. The molecule has 4 rings (SSSR count). The summed E-state index contributed by atoms with van der Waals surface area (Å²) in [6.07, 6.45) is 0.264. The lowest BCUT2D eigenvalue weighted by molar-refractivity contribution is -0.138. The van der Waals surface area contributed by atoms with Crippen molar-refractivity contribution in [3.63, 3.8) is 0 Å². The molecule has 0 aromatic heterocycles. The van der Waals surface area contributed by atoms with Gasteiger partial charge in [0.2, 0.25) is 5.91 Å². The van der Waals surface area contributed by atoms with Crippen molar-refractivity contribution in [1.82, 2.24) is 10.6 Å². The Kier molecular flexibility index (Phi) is 6.12. The van der Waals surface area contributed by atoms with Gasteiger partial charge in [0.1, 0.15) is 12.1 Å². The van der Waals surface area contributed by atoms with Crippen LogP contribution in [0, 0.1) is 0 Å². The zero-order valence-corrected chi connectivity index (χ0v) is 18.7. The van der Waals surface area contributed by atoms with E-state index in [-0.39, 0.29) is 25.6 Å². The number of fused-ring (bicyclic) bond motifs is 3. The largest absolute Gasteiger partial charge is 0.481 e. The number of hydrogen-bond donors (Lipinski definition) is 3. The Hall–Kier alpha value is -3.39. The first kappa shape index (κ1) is 22.8. The number of carboxylic acid groups (broad SMARTS) is 1. The van der Waals surface area contributed by atoms with E-state index in [9.17, 15) is 14.4 Å². The van der Waals surface area contributed by atoms with Gasteiger partial charge in [0, 0.05) is 13.0 Å². The van der Waals surface area contributed by atoms with Crippen molar-refractivity contribution < 1.29 is 29.0 Å². The summed E-state index contributed by atoms with van der Waals surface area (Å²) in [4.78, 5) is 36.8. The van der Waals surface area contributed by atoms with E-state index in [1.807, 2.05) is 36.4 Å². The van der Waals surface area contributed by atoms with E-state index in [0.29, 0.717) is 12.8 Å². The van der Waals surface area contributed by atoms with Crippen LogP contribution < -0.4 is 10.6 Å². The molecule has 2 aliphatic rings. The Bertz CT molecular complexity index is 1030. The summed E-state index contributed by atoms with van der Waals surface area (Å²) in [5.41, 5.74) is 2.26. The van der Waals surface area contributed by atoms with Crippen molar-refractivity contribution >= 4 is 18.0 Å². The zero-order chi connectivity index (χ0) is 23.6. The second-order valence-electron chi connectivity index (χ2n) is 9.02. The maximum Gasteiger partial charge on any atom is 0.408 e. The van der Waals surface area contributed by atoms with Crippen molar-refractivity contribution in [2.75, 3.05) is 20.3 Å². The van der Waals surface area contributed by atoms with Gasteiger partial charge in [-0.05, 0) is 42.0 Å². The molecule has 174 valence electrons. The average Bonchev–Trinajstić information content (AvgIpc) is 3.44. The molecule has 8 heteroatoms. The molecular weight excluding hydrogens is 424 g/mol. The SMILES string of the molecule is COCC(C)(NC(=O)OCC1c2ccccc2-c2ccccc21)C(=O)NC1(CC(=O)O)CC1. The van der Waals surface area contributed by atoms with Crippen LogP contribution >= 0.6 is 0 Å². The van der Waals surface area contributed by atoms with Gasteiger partial charge in [0.25, 0.3) is 0 Å². The van der Waals surface area contributed by atoms with Crippen LogP contribution in [0.2, 0.25) is 0 Å². The highest BCUT2D eigenvalue weighted by molar-refractivity contribution is 5.91. The molecule has 0 heterocycles. The van der Waals surface area contributed by atoms with Crippen LogP contribution in [0.4, 0.5) is 4.79 Å². The highest BCUT2D eigenvalue weighted by Crippen LogP contribution is 2.44. The van der Waals surface area contributed by atoms with E-state index in [1.165, 1.54) is 14.0 Å². The first-order valence-electron chi connectivity index (χ1n) is 10.9. The Morgan fingerprint density at radius 1 is 1.06 bits per heavy atom. The number of hydrogen-bond acceptors (Lipinski definition) is 5. The minimum absolute atomic E-state index is 0.0911. The quantitative estimate of drug-likeness (QED) is 0.539. The number of carboxylic acids is 1. The highest BCUT2D eigenvalue weighted by atomic mass is 16.5. The van der Waals surface area contributed by atoms with Crippen LogP contribution in [0.5, 0.6) is 0 Å². The number of ether oxygens (including phenoxy) is 2. The normalized spacial score (nSPS) is 17.3. The first-order valence-corrected chi connectivity index (χ1v) is 10.9. The Morgan fingerprint density at radius 3 is 2.15 bits per heavy atom. The predicted molar refractivity (Wildman–Crippen MR) is 121 cm³/mol. The molecule has 2 aromatic carbocycles. The Balaban J connectivity index is 1.43. The molecule has 1 unspecified atom stereocenters. The fraction of sp³-hybridized carbons (Fsp3) is 0.400. The van der Waals surface area contributed by atoms with Crippen molar-refractivity contribution in [2.45, 2.75) is 43.2 Å². The molecule has 2 aromatic rings. The van der Waals surface area contributed by atoms with Crippen molar-refractivity contribution in [3.05, 3.63) is 59.7 Å². The van der Waals surface area contributed by atoms with Gasteiger partial charge < -0.3 is 25.2 Å². The van der Waals surface area contributed by atoms with Crippen molar-refractivity contribution in [2.24, 2.45) is 0 Å². The number of alkyl carbamates (subject to hydrolysis) is 1. The molecule has 1 fully saturated rings. The molecule has 1 saturated carbocycles. The number of carbonyl (C=O) groups excluding carboxylic acids is 2. The lowest BCUT2D eigenvalue weighted by Crippen LogP contribution is -2.61. The van der Waals surface area contributed by atoms with E-state index in [2.05, 4.69) is 22.8 Å². The van der Waals surface area contributed by atoms with Gasteiger partial charge in [-0.1, -0.05) is 48.5 Å². The molecule has 1 atom stereocenters. The van der Waals surface area contributed by atoms with Crippen LogP contribution in [-0.4, -0.2) is 54.5 Å². The Labute approximate surface area is 192 Å². The van der Waals surface area contributed by atoms with Crippen molar-refractivity contribution in [1.29, 1.82) is 0 Å². The van der Waals surface area contributed by atoms with E-state index >= 15 is 0 Å². The standard InChI is InChI=1S/C25H28N2O6/c1-24(15-32-2,22(30)26-25(11-12-25)13-21(28)29)27-23(31)33-14-20-18-9-5-3-7-16(18)17-8-4-6-10-19(17)20/h3-10,20H,11-15H2,1-2H3,(H,26,30)(H,27,31)(H,28,29). The fourth-order valence-electron chi connectivity index (χ4n) is 4.47. The van der Waals surface area contributed by atoms with E-state index in [4.69, 9.17) is 14.6 Å². The van der Waals surface area contributed by atoms with Gasteiger partial charge in [-0.25, -0.2) is 4.79 Å². The number of nitrogens with one attached hydrogen (secondary N) is 2. The number of rotatable bonds is 9. The van der Waals surface area contributed by atoms with Gasteiger partial charge in [-0.2, -0.15) is 0 Å². The second kappa shape index (κ2) is 8.86. The summed E-state index contributed by atoms with van der Waals surface area (Å²) in [7, 11) is 1.43. The van der Waals surface area contributed by atoms with Crippen LogP contribution in [0.15, 0.2) is 48.5 Å². The molecular formula is C25H28N2O6. The first-order chi connectivity index (χ1) is 15.8. The highest BCUT2D eigenvalue weighted by Gasteiger charge is 2.49. The van der Waals surface area contributed by atoms with Crippen LogP contribution in [0.25, 0.3) is 11.1 Å². The monoisotopic (exact) mass is 452 g/mol. The molecule has 0 saturated heterocycles. The summed E-state index contributed by atoms with van der Waals surface area (Å²) in [5.74, 6) is -1.58. The molecule has 0 aliphatic heterocycles. The number of benzene rings is 2. The minimum Gasteiger partial charge on any atom is -0.481 e. The molecule has 0 spiro atoms. The minimum atomic E-state index is -1.41. The molecule has 33 heavy (non-hydrogen) atoms. The number of methoxy groups -OCH3 is 1. The second-order valence-corrected chi connectivity index (χ2v) is 9.02. The lowest BCUT2D eigenvalue weighted by Gasteiger charge is -2.30. The molecule has 0 radical (unpaired) electrons. The molecule has 2 amide bonds. The third kappa shape index (κ3) is 4.71. The van der Waals surface area contributed by atoms with E-state index in [1.54, 1.807) is 0 Å². The summed E-state index contributed by atoms with van der Waals surface area (Å²) < 4.78 is 10.7. The average molecular weight is 453 g/mol. The van der Waals surface area contributed by atoms with Gasteiger partial charge in [-0.15, -0.1) is 0 Å². The summed E-state index contributed by atoms with van der Waals surface area (Å²) in [6, 6.07) is 16.1. The predicted octanol–water partition coefficient (Wildman–Crippen LogP) is 3.05. The van der Waals surface area contributed by atoms with E-state index in [0.717, 1.165) is 22.3 Å². The molecule has 2 aliphatic carbocycles. The number of amides is 2. The molecule has 8 nitrogen and oxygen atoms in total. The number of carbonyl (C=O) groups is 3. The summed E-state index contributed by atoms with van der Waals surface area (Å²) in [6.45, 7) is 1.56. The lowest BCUT2D eigenvalue weighted by atomic mass is 9.98. The van der Waals surface area contributed by atoms with Crippen LogP contribution in [0.1, 0.15) is 43.2 Å². The van der Waals surface area contributed by atoms with Gasteiger partial charge in [-0.3, -0.25) is 9.59 Å². The maximum absolute atomic E-state index is 13.0. The third-order valence-corrected chi connectivity index (χ3v) is 6.38. The zero-order valence-electron chi connectivity index (χ0n) is 18.7. The number of aliphatic carboxylic acids is 1. The van der Waals surface area contributed by atoms with Crippen LogP contribution in [0.3, 0.4) is 0 Å².